The second-order valence-corrected chi connectivity index (χ2v) is 4.79. The van der Waals surface area contributed by atoms with Gasteiger partial charge >= 0.3 is 12.0 Å². The fourth-order valence-corrected chi connectivity index (χ4v) is 2.58. The number of rotatable bonds is 3. The third kappa shape index (κ3) is 2.78. The highest BCUT2D eigenvalue weighted by Gasteiger charge is 2.42. The van der Waals surface area contributed by atoms with Crippen LogP contribution in [0.1, 0.15) is 12.8 Å². The fraction of sp³-hybridized carbons (Fsp3) is 0.727. The number of aliphatic hydroxyl groups is 1. The number of carbonyl (C=O) groups excluding carboxylic acids is 2. The number of carboxylic acids is 1. The molecule has 8 nitrogen and oxygen atoms in total. The lowest BCUT2D eigenvalue weighted by atomic mass is 9.92. The van der Waals surface area contributed by atoms with Gasteiger partial charge in [-0.2, -0.15) is 0 Å². The SMILES string of the molecule is O=C1NCC2C1CCCN2C(=O)NC[C@H](O)C(=O)O. The second kappa shape index (κ2) is 5.43. The zero-order chi connectivity index (χ0) is 14.0. The molecule has 3 amide bonds. The van der Waals surface area contributed by atoms with Gasteiger partial charge in [0, 0.05) is 13.1 Å². The summed E-state index contributed by atoms with van der Waals surface area (Å²) < 4.78 is 0. The van der Waals surface area contributed by atoms with Gasteiger partial charge in [-0.3, -0.25) is 4.79 Å². The highest BCUT2D eigenvalue weighted by molar-refractivity contribution is 5.84. The number of piperidine rings is 1. The number of nitrogens with zero attached hydrogens (tertiary/aromatic N) is 1. The van der Waals surface area contributed by atoms with E-state index in [1.54, 1.807) is 4.90 Å². The Labute approximate surface area is 109 Å². The lowest BCUT2D eigenvalue weighted by molar-refractivity contribution is -0.146. The van der Waals surface area contributed by atoms with Gasteiger partial charge in [-0.05, 0) is 12.8 Å². The van der Waals surface area contributed by atoms with E-state index in [2.05, 4.69) is 10.6 Å². The molecule has 0 aromatic heterocycles. The van der Waals surface area contributed by atoms with Crippen LogP contribution in [0.4, 0.5) is 4.79 Å². The molecule has 2 rings (SSSR count). The lowest BCUT2D eigenvalue weighted by Crippen LogP contribution is -2.53. The minimum Gasteiger partial charge on any atom is -0.479 e. The van der Waals surface area contributed by atoms with Crippen molar-refractivity contribution in [3.05, 3.63) is 0 Å². The van der Waals surface area contributed by atoms with Gasteiger partial charge in [-0.25, -0.2) is 9.59 Å². The highest BCUT2D eigenvalue weighted by atomic mass is 16.4. The van der Waals surface area contributed by atoms with Gasteiger partial charge in [-0.15, -0.1) is 0 Å². The Kier molecular flexibility index (Phi) is 3.89. The van der Waals surface area contributed by atoms with Gasteiger partial charge in [0.05, 0.1) is 18.5 Å². The highest BCUT2D eigenvalue weighted by Crippen LogP contribution is 2.27. The molecular weight excluding hydrogens is 254 g/mol. The van der Waals surface area contributed by atoms with E-state index in [9.17, 15) is 14.4 Å². The van der Waals surface area contributed by atoms with Crippen molar-refractivity contribution in [3.8, 4) is 0 Å². The summed E-state index contributed by atoms with van der Waals surface area (Å²) in [5.74, 6) is -1.59. The zero-order valence-electron chi connectivity index (χ0n) is 10.3. The second-order valence-electron chi connectivity index (χ2n) is 4.79. The summed E-state index contributed by atoms with van der Waals surface area (Å²) in [6, 6.07) is -0.616. The Morgan fingerprint density at radius 1 is 1.53 bits per heavy atom. The summed E-state index contributed by atoms with van der Waals surface area (Å²) in [6.07, 6.45) is -0.116. The van der Waals surface area contributed by atoms with E-state index < -0.39 is 18.1 Å². The van der Waals surface area contributed by atoms with Crippen molar-refractivity contribution in [2.24, 2.45) is 5.92 Å². The molecule has 106 valence electrons. The minimum absolute atomic E-state index is 0.0342. The van der Waals surface area contributed by atoms with Crippen molar-refractivity contribution in [1.29, 1.82) is 0 Å². The topological polar surface area (TPSA) is 119 Å². The summed E-state index contributed by atoms with van der Waals surface area (Å²) >= 11 is 0. The molecule has 4 N–H and O–H groups in total. The molecule has 2 fully saturated rings. The Morgan fingerprint density at radius 3 is 2.95 bits per heavy atom. The predicted molar refractivity (Wildman–Crippen MR) is 63.3 cm³/mol. The van der Waals surface area contributed by atoms with Crippen molar-refractivity contribution in [2.75, 3.05) is 19.6 Å². The van der Waals surface area contributed by atoms with Crippen molar-refractivity contribution >= 4 is 17.9 Å². The van der Waals surface area contributed by atoms with Gasteiger partial charge in [-0.1, -0.05) is 0 Å². The quantitative estimate of drug-likeness (QED) is 0.490. The van der Waals surface area contributed by atoms with E-state index in [-0.39, 0.29) is 24.4 Å². The van der Waals surface area contributed by atoms with Gasteiger partial charge in [0.1, 0.15) is 0 Å². The maximum atomic E-state index is 11.9. The fourth-order valence-electron chi connectivity index (χ4n) is 2.58. The number of nitrogens with one attached hydrogen (secondary N) is 2. The number of amides is 3. The van der Waals surface area contributed by atoms with E-state index in [1.165, 1.54) is 0 Å². The van der Waals surface area contributed by atoms with E-state index in [1.807, 2.05) is 0 Å². The number of carboxylic acid groups (broad SMARTS) is 1. The maximum Gasteiger partial charge on any atom is 0.334 e. The molecule has 0 spiro atoms. The molecule has 2 aliphatic heterocycles. The molecule has 19 heavy (non-hydrogen) atoms. The van der Waals surface area contributed by atoms with Crippen molar-refractivity contribution in [2.45, 2.75) is 25.0 Å². The summed E-state index contributed by atoms with van der Waals surface area (Å²) in [5, 5.41) is 22.7. The Hall–Kier alpha value is -1.83. The average molecular weight is 271 g/mol. The molecule has 2 saturated heterocycles. The molecule has 8 heteroatoms. The van der Waals surface area contributed by atoms with Crippen molar-refractivity contribution < 1.29 is 24.6 Å². The van der Waals surface area contributed by atoms with Crippen LogP contribution < -0.4 is 10.6 Å². The van der Waals surface area contributed by atoms with Gasteiger partial charge in [0.15, 0.2) is 6.10 Å². The Bertz CT molecular complexity index is 400. The average Bonchev–Trinajstić information content (AvgIpc) is 2.77. The number of likely N-dealkylation sites (tertiary alicyclic amines) is 1. The van der Waals surface area contributed by atoms with Crippen molar-refractivity contribution in [1.82, 2.24) is 15.5 Å². The summed E-state index contributed by atoms with van der Waals surface area (Å²) in [7, 11) is 0. The lowest BCUT2D eigenvalue weighted by Gasteiger charge is -2.35. The number of urea groups is 1. The summed E-state index contributed by atoms with van der Waals surface area (Å²) in [6.45, 7) is 0.618. The van der Waals surface area contributed by atoms with Crippen LogP contribution in [0.5, 0.6) is 0 Å². The summed E-state index contributed by atoms with van der Waals surface area (Å²) in [4.78, 5) is 35.5. The van der Waals surface area contributed by atoms with Crippen LogP contribution in [0, 0.1) is 5.92 Å². The number of hydrogen-bond acceptors (Lipinski definition) is 4. The molecule has 2 unspecified atom stereocenters. The van der Waals surface area contributed by atoms with E-state index >= 15 is 0 Å². The number of carbonyl (C=O) groups is 3. The molecule has 0 aromatic carbocycles. The third-order valence-corrected chi connectivity index (χ3v) is 3.59. The van der Waals surface area contributed by atoms with E-state index in [0.717, 1.165) is 12.8 Å². The van der Waals surface area contributed by atoms with Crippen LogP contribution >= 0.6 is 0 Å². The monoisotopic (exact) mass is 271 g/mol. The smallest absolute Gasteiger partial charge is 0.334 e. The van der Waals surface area contributed by atoms with Crippen LogP contribution in [0.3, 0.4) is 0 Å². The Morgan fingerprint density at radius 2 is 2.26 bits per heavy atom. The van der Waals surface area contributed by atoms with Crippen LogP contribution in [0.25, 0.3) is 0 Å². The van der Waals surface area contributed by atoms with Gasteiger partial charge < -0.3 is 25.7 Å². The first-order valence-electron chi connectivity index (χ1n) is 6.23. The maximum absolute atomic E-state index is 11.9. The normalized spacial score (nSPS) is 27.4. The molecule has 2 heterocycles. The van der Waals surface area contributed by atoms with Crippen molar-refractivity contribution in [3.63, 3.8) is 0 Å². The molecule has 3 atom stereocenters. The largest absolute Gasteiger partial charge is 0.479 e. The number of fused-ring (bicyclic) bond motifs is 1. The number of aliphatic carboxylic acids is 1. The molecule has 0 aromatic rings. The molecule has 0 saturated carbocycles. The van der Waals surface area contributed by atoms with E-state index in [0.29, 0.717) is 13.1 Å². The zero-order valence-corrected chi connectivity index (χ0v) is 10.3. The summed E-state index contributed by atoms with van der Waals surface area (Å²) in [5.41, 5.74) is 0. The first kappa shape index (κ1) is 13.6. The standard InChI is InChI=1S/C11H17N3O5/c15-8(10(17)18)5-13-11(19)14-3-1-2-6-7(14)4-12-9(6)16/h6-8,15H,1-5H2,(H,12,16)(H,13,19)(H,17,18)/t6?,7?,8-/m0/s1. The minimum atomic E-state index is -1.62. The predicted octanol–water partition coefficient (Wildman–Crippen LogP) is -1.65. The molecule has 0 aliphatic carbocycles. The molecule has 0 radical (unpaired) electrons. The Balaban J connectivity index is 1.91. The van der Waals surface area contributed by atoms with E-state index in [4.69, 9.17) is 10.2 Å². The molecule has 0 bridgehead atoms. The first-order chi connectivity index (χ1) is 9.00. The van der Waals surface area contributed by atoms with Crippen LogP contribution in [0.15, 0.2) is 0 Å². The van der Waals surface area contributed by atoms with Crippen LogP contribution in [-0.4, -0.2) is 64.8 Å². The molecule has 2 aliphatic rings. The van der Waals surface area contributed by atoms with Gasteiger partial charge in [0.25, 0.3) is 0 Å². The van der Waals surface area contributed by atoms with Crippen LogP contribution in [-0.2, 0) is 9.59 Å². The molecular formula is C11H17N3O5. The number of hydrogen-bond donors (Lipinski definition) is 4. The third-order valence-electron chi connectivity index (χ3n) is 3.59. The van der Waals surface area contributed by atoms with Gasteiger partial charge in [0.2, 0.25) is 5.91 Å². The number of aliphatic hydroxyl groups excluding tert-OH is 1. The first-order valence-corrected chi connectivity index (χ1v) is 6.23. The van der Waals surface area contributed by atoms with Crippen LogP contribution in [0.2, 0.25) is 0 Å².